The highest BCUT2D eigenvalue weighted by molar-refractivity contribution is 7.92. The van der Waals surface area contributed by atoms with Crippen LogP contribution < -0.4 is 9.62 Å². The van der Waals surface area contributed by atoms with Gasteiger partial charge in [0.15, 0.2) is 0 Å². The molecule has 0 radical (unpaired) electrons. The Hall–Kier alpha value is -3.66. The van der Waals surface area contributed by atoms with E-state index in [1.54, 1.807) is 28.9 Å². The van der Waals surface area contributed by atoms with Crippen molar-refractivity contribution < 1.29 is 23.1 Å². The monoisotopic (exact) mass is 454 g/mol. The van der Waals surface area contributed by atoms with Crippen LogP contribution in [0.15, 0.2) is 59.5 Å². The van der Waals surface area contributed by atoms with Crippen LogP contribution in [0, 0.1) is 19.8 Å². The van der Waals surface area contributed by atoms with Gasteiger partial charge in [-0.15, -0.1) is 0 Å². The molecule has 1 amide bonds. The van der Waals surface area contributed by atoms with Crippen LogP contribution in [0.2, 0.25) is 0 Å². The van der Waals surface area contributed by atoms with Crippen LogP contribution in [0.3, 0.4) is 0 Å². The summed E-state index contributed by atoms with van der Waals surface area (Å²) in [5.41, 5.74) is 3.12. The minimum Gasteiger partial charge on any atom is -0.481 e. The second kappa shape index (κ2) is 8.12. The van der Waals surface area contributed by atoms with E-state index < -0.39 is 21.9 Å². The molecular formula is C22H22N4O5S. The number of carbonyl (C=O) groups excluding carboxylic acids is 1. The number of aromatic nitrogens is 2. The molecule has 0 aliphatic carbocycles. The maximum absolute atomic E-state index is 13.0. The number of hydrogen-bond acceptors (Lipinski definition) is 5. The molecule has 1 unspecified atom stereocenters. The molecule has 1 saturated heterocycles. The molecular weight excluding hydrogens is 432 g/mol. The third-order valence-corrected chi connectivity index (χ3v) is 6.70. The second-order valence-electron chi connectivity index (χ2n) is 7.70. The summed E-state index contributed by atoms with van der Waals surface area (Å²) in [5.74, 6) is -2.09. The first kappa shape index (κ1) is 21.6. The Morgan fingerprint density at radius 1 is 1.12 bits per heavy atom. The minimum atomic E-state index is -3.92. The predicted octanol–water partition coefficient (Wildman–Crippen LogP) is 2.73. The lowest BCUT2D eigenvalue weighted by Gasteiger charge is -2.17. The molecule has 0 spiro atoms. The van der Waals surface area contributed by atoms with Crippen LogP contribution >= 0.6 is 0 Å². The maximum Gasteiger partial charge on any atom is 0.308 e. The standard InChI is InChI=1S/C22H22N4O5S/c1-14-11-15(2)26(23-14)20-6-4-3-5-19(20)24-32(30,31)18-9-7-17(8-10-18)25-13-16(22(28)29)12-21(25)27/h3-11,16,24H,12-13H2,1-2H3,(H,28,29). The zero-order valence-electron chi connectivity index (χ0n) is 17.5. The number of benzene rings is 2. The number of amides is 1. The lowest BCUT2D eigenvalue weighted by molar-refractivity contribution is -0.141. The molecule has 1 aliphatic rings. The summed E-state index contributed by atoms with van der Waals surface area (Å²) in [6.07, 6.45) is -0.0694. The number of sulfonamides is 1. The molecule has 0 saturated carbocycles. The van der Waals surface area contributed by atoms with Gasteiger partial charge in [-0.2, -0.15) is 5.10 Å². The third kappa shape index (κ3) is 4.09. The summed E-state index contributed by atoms with van der Waals surface area (Å²) in [6.45, 7) is 3.81. The summed E-state index contributed by atoms with van der Waals surface area (Å²) in [5, 5.41) is 13.6. The molecule has 1 aromatic heterocycles. The Kier molecular flexibility index (Phi) is 5.47. The van der Waals surface area contributed by atoms with E-state index in [4.69, 9.17) is 5.11 Å². The Labute approximate surface area is 185 Å². The van der Waals surface area contributed by atoms with Crippen molar-refractivity contribution in [1.29, 1.82) is 0 Å². The predicted molar refractivity (Wildman–Crippen MR) is 118 cm³/mol. The number of para-hydroxylation sites is 2. The summed E-state index contributed by atoms with van der Waals surface area (Å²) >= 11 is 0. The quantitative estimate of drug-likeness (QED) is 0.591. The van der Waals surface area contributed by atoms with Crippen molar-refractivity contribution in [2.75, 3.05) is 16.2 Å². The van der Waals surface area contributed by atoms with E-state index in [1.807, 2.05) is 19.9 Å². The van der Waals surface area contributed by atoms with Crippen molar-refractivity contribution in [1.82, 2.24) is 9.78 Å². The number of aryl methyl sites for hydroxylation is 2. The smallest absolute Gasteiger partial charge is 0.308 e. The van der Waals surface area contributed by atoms with E-state index in [1.165, 1.54) is 29.2 Å². The number of nitrogens with one attached hydrogen (secondary N) is 1. The average Bonchev–Trinajstić information content (AvgIpc) is 3.30. The van der Waals surface area contributed by atoms with Crippen molar-refractivity contribution >= 4 is 33.3 Å². The molecule has 1 aliphatic heterocycles. The van der Waals surface area contributed by atoms with Gasteiger partial charge in [-0.1, -0.05) is 12.1 Å². The van der Waals surface area contributed by atoms with Crippen molar-refractivity contribution in [3.63, 3.8) is 0 Å². The number of hydrogen-bond donors (Lipinski definition) is 2. The van der Waals surface area contributed by atoms with E-state index in [2.05, 4.69) is 9.82 Å². The zero-order valence-corrected chi connectivity index (χ0v) is 18.3. The van der Waals surface area contributed by atoms with Gasteiger partial charge in [0.1, 0.15) is 0 Å². The molecule has 10 heteroatoms. The van der Waals surface area contributed by atoms with Crippen LogP contribution in [-0.2, 0) is 19.6 Å². The number of anilines is 2. The van der Waals surface area contributed by atoms with E-state index >= 15 is 0 Å². The average molecular weight is 455 g/mol. The normalized spacial score (nSPS) is 16.4. The van der Waals surface area contributed by atoms with Gasteiger partial charge in [0.05, 0.1) is 27.9 Å². The number of carbonyl (C=O) groups is 2. The number of aliphatic carboxylic acids is 1. The number of carboxylic acids is 1. The fraction of sp³-hybridized carbons (Fsp3) is 0.227. The minimum absolute atomic E-state index is 0.0193. The highest BCUT2D eigenvalue weighted by Crippen LogP contribution is 2.28. The van der Waals surface area contributed by atoms with Crippen molar-refractivity contribution in [2.45, 2.75) is 25.2 Å². The number of nitrogens with zero attached hydrogens (tertiary/aromatic N) is 3. The second-order valence-corrected chi connectivity index (χ2v) is 9.38. The lowest BCUT2D eigenvalue weighted by Crippen LogP contribution is -2.25. The van der Waals surface area contributed by atoms with Gasteiger partial charge in [0, 0.05) is 24.3 Å². The Bertz CT molecular complexity index is 1300. The Morgan fingerprint density at radius 2 is 1.81 bits per heavy atom. The summed E-state index contributed by atoms with van der Waals surface area (Å²) < 4.78 is 30.3. The molecule has 32 heavy (non-hydrogen) atoms. The van der Waals surface area contributed by atoms with Gasteiger partial charge in [0.25, 0.3) is 10.0 Å². The van der Waals surface area contributed by atoms with Gasteiger partial charge < -0.3 is 10.0 Å². The third-order valence-electron chi connectivity index (χ3n) is 5.32. The zero-order chi connectivity index (χ0) is 23.0. The van der Waals surface area contributed by atoms with E-state index in [9.17, 15) is 18.0 Å². The van der Waals surface area contributed by atoms with Crippen LogP contribution in [0.5, 0.6) is 0 Å². The molecule has 2 heterocycles. The Morgan fingerprint density at radius 3 is 2.41 bits per heavy atom. The van der Waals surface area contributed by atoms with Gasteiger partial charge in [-0.25, -0.2) is 13.1 Å². The van der Waals surface area contributed by atoms with Gasteiger partial charge in [-0.05, 0) is 56.3 Å². The highest BCUT2D eigenvalue weighted by atomic mass is 32.2. The van der Waals surface area contributed by atoms with Gasteiger partial charge in [0.2, 0.25) is 5.91 Å². The summed E-state index contributed by atoms with van der Waals surface area (Å²) in [6, 6.07) is 14.7. The van der Waals surface area contributed by atoms with E-state index in [0.29, 0.717) is 17.1 Å². The highest BCUT2D eigenvalue weighted by Gasteiger charge is 2.35. The van der Waals surface area contributed by atoms with Crippen LogP contribution in [0.25, 0.3) is 5.69 Å². The molecule has 166 valence electrons. The first-order chi connectivity index (χ1) is 15.2. The molecule has 2 N–H and O–H groups in total. The fourth-order valence-electron chi connectivity index (χ4n) is 3.75. The fourth-order valence-corrected chi connectivity index (χ4v) is 4.82. The van der Waals surface area contributed by atoms with Gasteiger partial charge >= 0.3 is 5.97 Å². The van der Waals surface area contributed by atoms with Crippen LogP contribution in [-0.4, -0.2) is 41.7 Å². The molecule has 0 bridgehead atoms. The molecule has 2 aromatic carbocycles. The molecule has 4 rings (SSSR count). The SMILES string of the molecule is Cc1cc(C)n(-c2ccccc2NS(=O)(=O)c2ccc(N3CC(C(=O)O)CC3=O)cc2)n1. The summed E-state index contributed by atoms with van der Waals surface area (Å²) in [4.78, 5) is 24.7. The first-order valence-electron chi connectivity index (χ1n) is 9.94. The largest absolute Gasteiger partial charge is 0.481 e. The number of rotatable bonds is 6. The molecule has 1 atom stereocenters. The van der Waals surface area contributed by atoms with Crippen LogP contribution in [0.1, 0.15) is 17.8 Å². The maximum atomic E-state index is 13.0. The molecule has 9 nitrogen and oxygen atoms in total. The van der Waals surface area contributed by atoms with Crippen molar-refractivity contribution in [3.05, 3.63) is 66.0 Å². The van der Waals surface area contributed by atoms with Gasteiger partial charge in [-0.3, -0.25) is 14.3 Å². The van der Waals surface area contributed by atoms with E-state index in [0.717, 1.165) is 11.4 Å². The summed E-state index contributed by atoms with van der Waals surface area (Å²) in [7, 11) is -3.92. The first-order valence-corrected chi connectivity index (χ1v) is 11.4. The van der Waals surface area contributed by atoms with Crippen molar-refractivity contribution in [3.8, 4) is 5.69 Å². The number of carboxylic acid groups (broad SMARTS) is 1. The van der Waals surface area contributed by atoms with Crippen LogP contribution in [0.4, 0.5) is 11.4 Å². The Balaban J connectivity index is 1.59. The van der Waals surface area contributed by atoms with E-state index in [-0.39, 0.29) is 23.8 Å². The van der Waals surface area contributed by atoms with Crippen molar-refractivity contribution in [2.24, 2.45) is 5.92 Å². The molecule has 1 fully saturated rings. The molecule has 3 aromatic rings. The lowest BCUT2D eigenvalue weighted by atomic mass is 10.1. The topological polar surface area (TPSA) is 122 Å².